The number of hydrogen-bond acceptors (Lipinski definition) is 4. The number of amides is 2. The Hall–Kier alpha value is -2.67. The summed E-state index contributed by atoms with van der Waals surface area (Å²) in [5.74, 6) is 0.462. The summed E-state index contributed by atoms with van der Waals surface area (Å²) in [6.07, 6.45) is 2.24. The van der Waals surface area contributed by atoms with Crippen molar-refractivity contribution in [2.24, 2.45) is 5.92 Å². The predicted molar refractivity (Wildman–Crippen MR) is 106 cm³/mol. The molecule has 2 N–H and O–H groups in total. The van der Waals surface area contributed by atoms with E-state index in [1.807, 2.05) is 46.7 Å². The van der Waals surface area contributed by atoms with E-state index in [9.17, 15) is 9.59 Å². The van der Waals surface area contributed by atoms with Crippen LogP contribution in [0.1, 0.15) is 28.2 Å². The highest BCUT2D eigenvalue weighted by Crippen LogP contribution is 2.21. The molecule has 0 atom stereocenters. The molecule has 1 saturated heterocycles. The van der Waals surface area contributed by atoms with Crippen molar-refractivity contribution in [1.29, 1.82) is 0 Å². The van der Waals surface area contributed by atoms with Crippen LogP contribution in [-0.4, -0.2) is 46.5 Å². The first-order valence-corrected chi connectivity index (χ1v) is 10.1. The number of nitrogens with one attached hydrogen (secondary N) is 2. The van der Waals surface area contributed by atoms with Crippen LogP contribution in [0.15, 0.2) is 41.8 Å². The van der Waals surface area contributed by atoms with Crippen LogP contribution in [0.4, 0.5) is 0 Å². The summed E-state index contributed by atoms with van der Waals surface area (Å²) in [5.41, 5.74) is 1.37. The molecule has 0 radical (unpaired) electrons. The number of fused-ring (bicyclic) bond motifs is 1. The van der Waals surface area contributed by atoms with Crippen molar-refractivity contribution in [3.8, 4) is 0 Å². The third-order valence-corrected chi connectivity index (χ3v) is 5.95. The Morgan fingerprint density at radius 3 is 2.78 bits per heavy atom. The van der Waals surface area contributed by atoms with Gasteiger partial charge in [-0.05, 0) is 36.3 Å². The first-order valence-electron chi connectivity index (χ1n) is 9.22. The molecule has 1 fully saturated rings. The van der Waals surface area contributed by atoms with E-state index < -0.39 is 0 Å². The van der Waals surface area contributed by atoms with E-state index in [1.54, 1.807) is 11.3 Å². The van der Waals surface area contributed by atoms with E-state index in [1.165, 1.54) is 0 Å². The van der Waals surface area contributed by atoms with Crippen molar-refractivity contribution in [2.45, 2.75) is 19.3 Å². The van der Waals surface area contributed by atoms with Crippen LogP contribution in [-0.2, 0) is 11.2 Å². The van der Waals surface area contributed by atoms with Crippen LogP contribution >= 0.6 is 11.3 Å². The number of piperidine rings is 1. The number of para-hydroxylation sites is 1. The minimum atomic E-state index is -0.0207. The molecule has 0 saturated carbocycles. The summed E-state index contributed by atoms with van der Waals surface area (Å²) in [6.45, 7) is 2.08. The maximum Gasteiger partial charge on any atom is 0.274 e. The molecule has 0 unspecified atom stereocenters. The van der Waals surface area contributed by atoms with Crippen molar-refractivity contribution in [3.05, 3.63) is 52.3 Å². The summed E-state index contributed by atoms with van der Waals surface area (Å²) in [4.78, 5) is 27.8. The number of aromatic nitrogens is 2. The number of likely N-dealkylation sites (tertiary alicyclic amines) is 1. The number of thiophene rings is 1. The van der Waals surface area contributed by atoms with Gasteiger partial charge in [0.2, 0.25) is 5.91 Å². The van der Waals surface area contributed by atoms with Gasteiger partial charge in [-0.2, -0.15) is 5.10 Å². The van der Waals surface area contributed by atoms with Gasteiger partial charge in [0.1, 0.15) is 0 Å². The van der Waals surface area contributed by atoms with Gasteiger partial charge in [-0.25, -0.2) is 0 Å². The average molecular weight is 382 g/mol. The number of carbonyl (C=O) groups is 2. The fourth-order valence-corrected chi connectivity index (χ4v) is 4.21. The van der Waals surface area contributed by atoms with Crippen LogP contribution in [0.2, 0.25) is 0 Å². The van der Waals surface area contributed by atoms with E-state index in [0.717, 1.165) is 28.6 Å². The van der Waals surface area contributed by atoms with Crippen molar-refractivity contribution in [3.63, 3.8) is 0 Å². The second kappa shape index (κ2) is 7.92. The average Bonchev–Trinajstić information content (AvgIpc) is 3.36. The molecule has 140 valence electrons. The van der Waals surface area contributed by atoms with Crippen LogP contribution in [0.25, 0.3) is 10.9 Å². The second-order valence-corrected chi connectivity index (χ2v) is 7.95. The summed E-state index contributed by atoms with van der Waals surface area (Å²) in [7, 11) is 0. The molecule has 4 rings (SSSR count). The molecular formula is C20H22N4O2S. The molecule has 3 aromatic rings. The molecule has 0 bridgehead atoms. The molecule has 6 nitrogen and oxygen atoms in total. The monoisotopic (exact) mass is 382 g/mol. The van der Waals surface area contributed by atoms with E-state index in [4.69, 9.17) is 0 Å². The topological polar surface area (TPSA) is 78.1 Å². The van der Waals surface area contributed by atoms with Gasteiger partial charge in [-0.1, -0.05) is 24.3 Å². The van der Waals surface area contributed by atoms with Gasteiger partial charge in [0.05, 0.1) is 11.9 Å². The van der Waals surface area contributed by atoms with E-state index >= 15 is 0 Å². The first kappa shape index (κ1) is 17.7. The van der Waals surface area contributed by atoms with Gasteiger partial charge < -0.3 is 10.2 Å². The highest BCUT2D eigenvalue weighted by Gasteiger charge is 2.26. The number of hydrogen-bond donors (Lipinski definition) is 2. The molecule has 1 aromatic carbocycles. The maximum atomic E-state index is 12.8. The summed E-state index contributed by atoms with van der Waals surface area (Å²) < 4.78 is 0. The Morgan fingerprint density at radius 2 is 2.00 bits per heavy atom. The van der Waals surface area contributed by atoms with Crippen molar-refractivity contribution in [2.75, 3.05) is 19.6 Å². The zero-order valence-corrected chi connectivity index (χ0v) is 15.8. The van der Waals surface area contributed by atoms with E-state index in [2.05, 4.69) is 15.5 Å². The van der Waals surface area contributed by atoms with E-state index in [0.29, 0.717) is 37.7 Å². The zero-order valence-electron chi connectivity index (χ0n) is 15.0. The third-order valence-electron chi connectivity index (χ3n) is 5.08. The maximum absolute atomic E-state index is 12.8. The lowest BCUT2D eigenvalue weighted by Crippen LogP contribution is -2.41. The number of aromatic amines is 1. The summed E-state index contributed by atoms with van der Waals surface area (Å²) >= 11 is 1.60. The highest BCUT2D eigenvalue weighted by molar-refractivity contribution is 7.10. The molecule has 0 aliphatic carbocycles. The summed E-state index contributed by atoms with van der Waals surface area (Å²) in [5, 5.41) is 13.0. The Kier molecular flexibility index (Phi) is 5.20. The van der Waals surface area contributed by atoms with Crippen molar-refractivity contribution in [1.82, 2.24) is 20.4 Å². The Morgan fingerprint density at radius 1 is 1.19 bits per heavy atom. The van der Waals surface area contributed by atoms with E-state index in [-0.39, 0.29) is 11.8 Å². The molecule has 27 heavy (non-hydrogen) atoms. The smallest absolute Gasteiger partial charge is 0.274 e. The first-order chi connectivity index (χ1) is 13.2. The van der Waals surface area contributed by atoms with Crippen LogP contribution < -0.4 is 5.32 Å². The zero-order chi connectivity index (χ0) is 18.6. The lowest BCUT2D eigenvalue weighted by atomic mass is 9.96. The Labute approximate surface area is 161 Å². The second-order valence-electron chi connectivity index (χ2n) is 6.91. The number of H-pyrrole nitrogens is 1. The number of rotatable bonds is 5. The number of nitrogens with zero attached hydrogens (tertiary/aromatic N) is 2. The van der Waals surface area contributed by atoms with Gasteiger partial charge >= 0.3 is 0 Å². The molecule has 0 spiro atoms. The largest absolute Gasteiger partial charge is 0.356 e. The molecular weight excluding hydrogens is 360 g/mol. The van der Waals surface area contributed by atoms with Gasteiger partial charge in [-0.3, -0.25) is 14.7 Å². The number of benzene rings is 1. The van der Waals surface area contributed by atoms with Crippen LogP contribution in [0.5, 0.6) is 0 Å². The molecule has 2 aromatic heterocycles. The van der Waals surface area contributed by atoms with Gasteiger partial charge in [0.15, 0.2) is 5.69 Å². The standard InChI is InChI=1S/C20H22N4O2S/c25-18(12-15-4-3-11-27-15)21-13-14-7-9-24(10-8-14)20(26)19-16-5-1-2-6-17(16)22-23-19/h1-6,11,14H,7-10,12-13H2,(H,21,25)(H,22,23). The normalized spacial score (nSPS) is 15.2. The van der Waals surface area contributed by atoms with Crippen molar-refractivity contribution < 1.29 is 9.59 Å². The fraction of sp³-hybridized carbons (Fsp3) is 0.350. The minimum Gasteiger partial charge on any atom is -0.356 e. The quantitative estimate of drug-likeness (QED) is 0.712. The predicted octanol–water partition coefficient (Wildman–Crippen LogP) is 2.84. The number of carbonyl (C=O) groups excluding carboxylic acids is 2. The SMILES string of the molecule is O=C(Cc1cccs1)NCC1CCN(C(=O)c2n[nH]c3ccccc23)CC1. The van der Waals surface area contributed by atoms with Gasteiger partial charge in [0, 0.05) is 29.9 Å². The summed E-state index contributed by atoms with van der Waals surface area (Å²) in [6, 6.07) is 11.6. The lowest BCUT2D eigenvalue weighted by molar-refractivity contribution is -0.120. The lowest BCUT2D eigenvalue weighted by Gasteiger charge is -2.31. The highest BCUT2D eigenvalue weighted by atomic mass is 32.1. The van der Waals surface area contributed by atoms with Crippen molar-refractivity contribution >= 4 is 34.1 Å². The molecule has 1 aliphatic rings. The Balaban J connectivity index is 1.27. The third kappa shape index (κ3) is 4.03. The van der Waals surface area contributed by atoms with Crippen LogP contribution in [0, 0.1) is 5.92 Å². The fourth-order valence-electron chi connectivity index (χ4n) is 3.51. The molecule has 3 heterocycles. The molecule has 2 amide bonds. The van der Waals surface area contributed by atoms with Gasteiger partial charge in [-0.15, -0.1) is 11.3 Å². The molecule has 7 heteroatoms. The van der Waals surface area contributed by atoms with Gasteiger partial charge in [0.25, 0.3) is 5.91 Å². The van der Waals surface area contributed by atoms with Crippen LogP contribution in [0.3, 0.4) is 0 Å². The minimum absolute atomic E-state index is 0.0207. The molecule has 1 aliphatic heterocycles. The Bertz CT molecular complexity index is 927.